The Morgan fingerprint density at radius 1 is 1.07 bits per heavy atom. The van der Waals surface area contributed by atoms with E-state index >= 15 is 0 Å². The fourth-order valence-electron chi connectivity index (χ4n) is 3.21. The fraction of sp³-hybridized carbons (Fsp3) is 0.333. The first-order valence-electron chi connectivity index (χ1n) is 9.37. The number of nitrogens with one attached hydrogen (secondary N) is 1. The molecule has 1 fully saturated rings. The van der Waals surface area contributed by atoms with Gasteiger partial charge in [-0.15, -0.1) is 0 Å². The highest BCUT2D eigenvalue weighted by Gasteiger charge is 2.22. The molecule has 3 rings (SSSR count). The quantitative estimate of drug-likeness (QED) is 0.814. The summed E-state index contributed by atoms with van der Waals surface area (Å²) in [6.45, 7) is 4.80. The summed E-state index contributed by atoms with van der Waals surface area (Å²) in [7, 11) is 0. The van der Waals surface area contributed by atoms with Gasteiger partial charge in [0.05, 0.1) is 10.7 Å². The molecule has 2 aromatic carbocycles. The largest absolute Gasteiger partial charge is 0.367 e. The van der Waals surface area contributed by atoms with Gasteiger partial charge in [0.2, 0.25) is 5.91 Å². The second-order valence-electron chi connectivity index (χ2n) is 6.75. The number of carbonyl (C=O) groups is 2. The van der Waals surface area contributed by atoms with Gasteiger partial charge in [0.1, 0.15) is 5.82 Å². The number of carbonyl (C=O) groups excluding carboxylic acids is 2. The normalized spacial score (nSPS) is 14.1. The van der Waals surface area contributed by atoms with E-state index in [0.29, 0.717) is 35.8 Å². The Bertz CT molecular complexity index is 849. The van der Waals surface area contributed by atoms with Crippen LogP contribution in [-0.2, 0) is 4.79 Å². The lowest BCUT2D eigenvalue weighted by Crippen LogP contribution is -2.48. The molecule has 1 aliphatic heterocycles. The number of benzene rings is 2. The zero-order valence-electron chi connectivity index (χ0n) is 15.8. The molecule has 0 aliphatic carbocycles. The molecule has 1 heterocycles. The van der Waals surface area contributed by atoms with Crippen LogP contribution in [0.3, 0.4) is 0 Å². The first kappa shape index (κ1) is 20.1. The molecule has 1 N–H and O–H groups in total. The van der Waals surface area contributed by atoms with Crippen molar-refractivity contribution in [2.45, 2.75) is 19.8 Å². The van der Waals surface area contributed by atoms with Crippen LogP contribution in [0, 0.1) is 5.82 Å². The Balaban J connectivity index is 1.62. The maximum Gasteiger partial charge on any atom is 0.255 e. The maximum atomic E-state index is 13.0. The molecule has 0 atom stereocenters. The van der Waals surface area contributed by atoms with E-state index in [2.05, 4.69) is 10.2 Å². The zero-order chi connectivity index (χ0) is 20.1. The lowest BCUT2D eigenvalue weighted by molar-refractivity contribution is -0.131. The molecule has 2 amide bonds. The molecule has 0 aromatic heterocycles. The highest BCUT2D eigenvalue weighted by atomic mass is 35.5. The fourth-order valence-corrected chi connectivity index (χ4v) is 3.51. The number of piperazine rings is 1. The van der Waals surface area contributed by atoms with Crippen molar-refractivity contribution in [1.29, 1.82) is 0 Å². The highest BCUT2D eigenvalue weighted by Crippen LogP contribution is 2.30. The molecular formula is C21H23ClFN3O2. The maximum absolute atomic E-state index is 13.0. The van der Waals surface area contributed by atoms with Crippen molar-refractivity contribution in [3.05, 3.63) is 58.9 Å². The van der Waals surface area contributed by atoms with E-state index in [1.165, 1.54) is 24.3 Å². The second kappa shape index (κ2) is 9.06. The smallest absolute Gasteiger partial charge is 0.255 e. The van der Waals surface area contributed by atoms with E-state index in [4.69, 9.17) is 11.6 Å². The topological polar surface area (TPSA) is 52.7 Å². The lowest BCUT2D eigenvalue weighted by Gasteiger charge is -2.36. The molecule has 148 valence electrons. The average molecular weight is 404 g/mol. The molecular weight excluding hydrogens is 381 g/mol. The number of hydrogen-bond donors (Lipinski definition) is 1. The van der Waals surface area contributed by atoms with Crippen LogP contribution in [0.15, 0.2) is 42.5 Å². The SMILES string of the molecule is CCCC(=O)N1CCN(c2ccc(NC(=O)c3ccc(F)cc3)cc2Cl)CC1. The third-order valence-corrected chi connectivity index (χ3v) is 5.05. The lowest BCUT2D eigenvalue weighted by atomic mass is 10.2. The zero-order valence-corrected chi connectivity index (χ0v) is 16.5. The Hall–Kier alpha value is -2.60. The Morgan fingerprint density at radius 2 is 1.75 bits per heavy atom. The van der Waals surface area contributed by atoms with Crippen molar-refractivity contribution in [2.75, 3.05) is 36.4 Å². The third-order valence-electron chi connectivity index (χ3n) is 4.75. The van der Waals surface area contributed by atoms with Gasteiger partial charge in [-0.05, 0) is 48.9 Å². The van der Waals surface area contributed by atoms with E-state index in [1.807, 2.05) is 17.9 Å². The predicted octanol–water partition coefficient (Wildman–Crippen LogP) is 4.18. The van der Waals surface area contributed by atoms with Crippen LogP contribution in [0.2, 0.25) is 5.02 Å². The summed E-state index contributed by atoms with van der Waals surface area (Å²) < 4.78 is 13.0. The number of anilines is 2. The minimum absolute atomic E-state index is 0.201. The number of nitrogens with zero attached hydrogens (tertiary/aromatic N) is 2. The van der Waals surface area contributed by atoms with Gasteiger partial charge < -0.3 is 15.1 Å². The Kier molecular flexibility index (Phi) is 6.52. The number of halogens is 2. The molecule has 0 saturated carbocycles. The van der Waals surface area contributed by atoms with Crippen LogP contribution >= 0.6 is 11.6 Å². The number of hydrogen-bond acceptors (Lipinski definition) is 3. The van der Waals surface area contributed by atoms with Crippen LogP contribution in [0.4, 0.5) is 15.8 Å². The summed E-state index contributed by atoms with van der Waals surface area (Å²) in [4.78, 5) is 28.3. The summed E-state index contributed by atoms with van der Waals surface area (Å²) in [5, 5.41) is 3.30. The van der Waals surface area contributed by atoms with E-state index in [1.54, 1.807) is 12.1 Å². The minimum Gasteiger partial charge on any atom is -0.367 e. The van der Waals surface area contributed by atoms with E-state index < -0.39 is 0 Å². The summed E-state index contributed by atoms with van der Waals surface area (Å²) in [6.07, 6.45) is 1.44. The van der Waals surface area contributed by atoms with E-state index in [-0.39, 0.29) is 17.6 Å². The summed E-state index contributed by atoms with van der Waals surface area (Å²) in [6, 6.07) is 10.7. The van der Waals surface area contributed by atoms with Crippen molar-refractivity contribution in [2.24, 2.45) is 0 Å². The molecule has 1 aliphatic rings. The van der Waals surface area contributed by atoms with Crippen molar-refractivity contribution in [3.63, 3.8) is 0 Å². The van der Waals surface area contributed by atoms with Gasteiger partial charge in [-0.25, -0.2) is 4.39 Å². The molecule has 0 radical (unpaired) electrons. The van der Waals surface area contributed by atoms with Gasteiger partial charge >= 0.3 is 0 Å². The van der Waals surface area contributed by atoms with Gasteiger partial charge in [0.25, 0.3) is 5.91 Å². The monoisotopic (exact) mass is 403 g/mol. The van der Waals surface area contributed by atoms with E-state index in [9.17, 15) is 14.0 Å². The predicted molar refractivity (Wildman–Crippen MR) is 110 cm³/mol. The summed E-state index contributed by atoms with van der Waals surface area (Å²) in [5.41, 5.74) is 1.82. The van der Waals surface area contributed by atoms with Crippen LogP contribution in [0.25, 0.3) is 0 Å². The Morgan fingerprint density at radius 3 is 2.36 bits per heavy atom. The molecule has 28 heavy (non-hydrogen) atoms. The molecule has 5 nitrogen and oxygen atoms in total. The molecule has 0 bridgehead atoms. The average Bonchev–Trinajstić information content (AvgIpc) is 2.69. The standard InChI is InChI=1S/C21H23ClFN3O2/c1-2-3-20(27)26-12-10-25(11-13-26)19-9-8-17(14-18(19)22)24-21(28)15-4-6-16(23)7-5-15/h4-9,14H,2-3,10-13H2,1H3,(H,24,28). The summed E-state index contributed by atoms with van der Waals surface area (Å²) in [5.74, 6) is -0.514. The van der Waals surface area contributed by atoms with Crippen molar-refractivity contribution >= 4 is 34.8 Å². The first-order chi connectivity index (χ1) is 13.5. The second-order valence-corrected chi connectivity index (χ2v) is 7.15. The minimum atomic E-state index is -0.388. The van der Waals surface area contributed by atoms with Crippen LogP contribution in [-0.4, -0.2) is 42.9 Å². The molecule has 0 unspecified atom stereocenters. The van der Waals surface area contributed by atoms with Gasteiger partial charge in [-0.3, -0.25) is 9.59 Å². The van der Waals surface area contributed by atoms with Gasteiger partial charge in [-0.2, -0.15) is 0 Å². The van der Waals surface area contributed by atoms with E-state index in [0.717, 1.165) is 25.2 Å². The molecule has 1 saturated heterocycles. The number of rotatable bonds is 5. The van der Waals surface area contributed by atoms with Gasteiger partial charge in [-0.1, -0.05) is 18.5 Å². The molecule has 0 spiro atoms. The van der Waals surface area contributed by atoms with Gasteiger partial charge in [0.15, 0.2) is 0 Å². The van der Waals surface area contributed by atoms with Crippen LogP contribution in [0.5, 0.6) is 0 Å². The number of amides is 2. The Labute approximate surface area is 169 Å². The van der Waals surface area contributed by atoms with Crippen molar-refractivity contribution in [1.82, 2.24) is 4.90 Å². The molecule has 7 heteroatoms. The van der Waals surface area contributed by atoms with Crippen molar-refractivity contribution in [3.8, 4) is 0 Å². The van der Waals surface area contributed by atoms with Crippen molar-refractivity contribution < 1.29 is 14.0 Å². The third kappa shape index (κ3) is 4.81. The summed E-state index contributed by atoms with van der Waals surface area (Å²) >= 11 is 6.44. The van der Waals surface area contributed by atoms with Crippen LogP contribution in [0.1, 0.15) is 30.1 Å². The molecule has 2 aromatic rings. The van der Waals surface area contributed by atoms with Crippen LogP contribution < -0.4 is 10.2 Å². The van der Waals surface area contributed by atoms with Gasteiger partial charge in [0, 0.05) is 43.9 Å². The highest BCUT2D eigenvalue weighted by molar-refractivity contribution is 6.33. The first-order valence-corrected chi connectivity index (χ1v) is 9.75.